The van der Waals surface area contributed by atoms with Crippen LogP contribution in [0.25, 0.3) is 0 Å². The van der Waals surface area contributed by atoms with Gasteiger partial charge in [0.25, 0.3) is 5.91 Å². The number of rotatable bonds is 3. The van der Waals surface area contributed by atoms with E-state index in [0.29, 0.717) is 22.1 Å². The first-order chi connectivity index (χ1) is 10.6. The van der Waals surface area contributed by atoms with E-state index in [1.54, 1.807) is 6.92 Å². The van der Waals surface area contributed by atoms with Crippen LogP contribution < -0.4 is 10.1 Å². The van der Waals surface area contributed by atoms with Crippen LogP contribution in [-0.2, 0) is 16.0 Å². The fourth-order valence-electron chi connectivity index (χ4n) is 2.25. The van der Waals surface area contributed by atoms with E-state index in [-0.39, 0.29) is 5.91 Å². The molecule has 3 rings (SSSR count). The topological polar surface area (TPSA) is 77.5 Å². The summed E-state index contributed by atoms with van der Waals surface area (Å²) in [4.78, 5) is 28.4. The van der Waals surface area contributed by atoms with Gasteiger partial charge in [0.05, 0.1) is 12.8 Å². The number of benzene rings is 1. The molecule has 1 aliphatic heterocycles. The molecular formula is C15H14N2O4S. The van der Waals surface area contributed by atoms with Gasteiger partial charge in [0.2, 0.25) is 0 Å². The van der Waals surface area contributed by atoms with E-state index < -0.39 is 12.1 Å². The largest absolute Gasteiger partial charge is 0.480 e. The first-order valence-electron chi connectivity index (χ1n) is 6.69. The van der Waals surface area contributed by atoms with Gasteiger partial charge in [0.1, 0.15) is 10.6 Å². The Morgan fingerprint density at radius 3 is 2.91 bits per heavy atom. The molecule has 0 fully saturated rings. The van der Waals surface area contributed by atoms with Gasteiger partial charge in [-0.3, -0.25) is 10.1 Å². The zero-order valence-corrected chi connectivity index (χ0v) is 12.9. The van der Waals surface area contributed by atoms with E-state index in [0.717, 1.165) is 22.6 Å². The average molecular weight is 318 g/mol. The molecule has 0 aliphatic carbocycles. The minimum Gasteiger partial charge on any atom is -0.480 e. The van der Waals surface area contributed by atoms with Crippen LogP contribution in [0.4, 0.5) is 5.13 Å². The molecule has 0 saturated heterocycles. The normalized spacial score (nSPS) is 15.8. The van der Waals surface area contributed by atoms with Crippen molar-refractivity contribution < 1.29 is 19.1 Å². The van der Waals surface area contributed by atoms with E-state index in [9.17, 15) is 9.59 Å². The number of nitrogens with zero attached hydrogens (tertiary/aromatic N) is 1. The summed E-state index contributed by atoms with van der Waals surface area (Å²) in [6.07, 6.45) is -0.0564. The zero-order chi connectivity index (χ0) is 15.7. The van der Waals surface area contributed by atoms with E-state index in [1.807, 2.05) is 24.3 Å². The summed E-state index contributed by atoms with van der Waals surface area (Å²) < 4.78 is 10.3. The van der Waals surface area contributed by atoms with Gasteiger partial charge < -0.3 is 9.47 Å². The second-order valence-electron chi connectivity index (χ2n) is 4.83. The summed E-state index contributed by atoms with van der Waals surface area (Å²) in [6.45, 7) is 1.69. The van der Waals surface area contributed by atoms with Crippen molar-refractivity contribution in [1.82, 2.24) is 4.98 Å². The van der Waals surface area contributed by atoms with Crippen LogP contribution in [0, 0.1) is 6.92 Å². The summed E-state index contributed by atoms with van der Waals surface area (Å²) in [6, 6.07) is 7.55. The third kappa shape index (κ3) is 2.67. The maximum atomic E-state index is 12.3. The second kappa shape index (κ2) is 5.76. The SMILES string of the molecule is COC(=O)c1sc(NC(=O)C2Cc3ccccc3O2)nc1C. The Morgan fingerprint density at radius 1 is 1.41 bits per heavy atom. The smallest absolute Gasteiger partial charge is 0.350 e. The molecule has 1 aromatic heterocycles. The molecule has 7 heteroatoms. The molecule has 1 atom stereocenters. The lowest BCUT2D eigenvalue weighted by Crippen LogP contribution is -2.31. The highest BCUT2D eigenvalue weighted by Gasteiger charge is 2.29. The highest BCUT2D eigenvalue weighted by molar-refractivity contribution is 7.17. The highest BCUT2D eigenvalue weighted by Crippen LogP contribution is 2.29. The van der Waals surface area contributed by atoms with Crippen LogP contribution in [0.2, 0.25) is 0 Å². The Balaban J connectivity index is 1.70. The summed E-state index contributed by atoms with van der Waals surface area (Å²) in [7, 11) is 1.31. The van der Waals surface area contributed by atoms with Crippen molar-refractivity contribution in [1.29, 1.82) is 0 Å². The Kier molecular flexibility index (Phi) is 3.81. The van der Waals surface area contributed by atoms with Gasteiger partial charge in [-0.25, -0.2) is 9.78 Å². The quantitative estimate of drug-likeness (QED) is 0.878. The van der Waals surface area contributed by atoms with Gasteiger partial charge in [0, 0.05) is 6.42 Å². The number of nitrogens with one attached hydrogen (secondary N) is 1. The van der Waals surface area contributed by atoms with E-state index in [1.165, 1.54) is 7.11 Å². The van der Waals surface area contributed by atoms with Crippen LogP contribution in [0.5, 0.6) is 5.75 Å². The molecule has 2 heterocycles. The molecule has 2 aromatic rings. The number of carbonyl (C=O) groups is 2. The van der Waals surface area contributed by atoms with Crippen molar-refractivity contribution >= 4 is 28.3 Å². The van der Waals surface area contributed by atoms with Crippen molar-refractivity contribution in [3.8, 4) is 5.75 Å². The van der Waals surface area contributed by atoms with Crippen LogP contribution in [0.1, 0.15) is 20.9 Å². The number of aromatic nitrogens is 1. The number of anilines is 1. The van der Waals surface area contributed by atoms with E-state index in [4.69, 9.17) is 4.74 Å². The fraction of sp³-hybridized carbons (Fsp3) is 0.267. The van der Waals surface area contributed by atoms with Crippen molar-refractivity contribution in [2.75, 3.05) is 12.4 Å². The number of hydrogen-bond acceptors (Lipinski definition) is 6. The predicted octanol–water partition coefficient (Wildman–Crippen LogP) is 2.18. The lowest BCUT2D eigenvalue weighted by Gasteiger charge is -2.09. The highest BCUT2D eigenvalue weighted by atomic mass is 32.1. The van der Waals surface area contributed by atoms with Gasteiger partial charge in [-0.2, -0.15) is 0 Å². The summed E-state index contributed by atoms with van der Waals surface area (Å²) >= 11 is 1.09. The number of esters is 1. The van der Waals surface area contributed by atoms with Crippen LogP contribution in [0.15, 0.2) is 24.3 Å². The molecule has 0 spiro atoms. The molecule has 1 aliphatic rings. The number of hydrogen-bond donors (Lipinski definition) is 1. The minimum absolute atomic E-state index is 0.277. The second-order valence-corrected chi connectivity index (χ2v) is 5.83. The molecular weight excluding hydrogens is 304 g/mol. The molecule has 1 amide bonds. The number of aryl methyl sites for hydroxylation is 1. The van der Waals surface area contributed by atoms with Gasteiger partial charge >= 0.3 is 5.97 Å². The monoisotopic (exact) mass is 318 g/mol. The summed E-state index contributed by atoms with van der Waals surface area (Å²) in [5, 5.41) is 3.06. The Hall–Kier alpha value is -2.41. The predicted molar refractivity (Wildman–Crippen MR) is 81.4 cm³/mol. The third-order valence-electron chi connectivity index (χ3n) is 3.34. The molecule has 0 bridgehead atoms. The Bertz CT molecular complexity index is 716. The number of para-hydroxylation sites is 1. The summed E-state index contributed by atoms with van der Waals surface area (Å²) in [5.74, 6) is -0.00499. The first-order valence-corrected chi connectivity index (χ1v) is 7.51. The van der Waals surface area contributed by atoms with Gasteiger partial charge in [-0.05, 0) is 18.6 Å². The molecule has 0 radical (unpaired) electrons. The third-order valence-corrected chi connectivity index (χ3v) is 4.39. The molecule has 22 heavy (non-hydrogen) atoms. The number of fused-ring (bicyclic) bond motifs is 1. The number of thiazole rings is 1. The number of carbonyl (C=O) groups excluding carboxylic acids is 2. The van der Waals surface area contributed by atoms with Gasteiger partial charge in [-0.1, -0.05) is 29.5 Å². The fourth-order valence-corrected chi connectivity index (χ4v) is 3.13. The maximum Gasteiger partial charge on any atom is 0.350 e. The average Bonchev–Trinajstić information content (AvgIpc) is 3.09. The van der Waals surface area contributed by atoms with Crippen molar-refractivity contribution in [2.45, 2.75) is 19.4 Å². The van der Waals surface area contributed by atoms with E-state index in [2.05, 4.69) is 15.0 Å². The van der Waals surface area contributed by atoms with Crippen LogP contribution >= 0.6 is 11.3 Å². The van der Waals surface area contributed by atoms with E-state index >= 15 is 0 Å². The lowest BCUT2D eigenvalue weighted by atomic mass is 10.1. The molecule has 0 saturated carbocycles. The zero-order valence-electron chi connectivity index (χ0n) is 12.1. The van der Waals surface area contributed by atoms with Crippen molar-refractivity contribution in [3.05, 3.63) is 40.4 Å². The Morgan fingerprint density at radius 2 is 2.18 bits per heavy atom. The van der Waals surface area contributed by atoms with Crippen LogP contribution in [-0.4, -0.2) is 30.1 Å². The standard InChI is InChI=1S/C15H14N2O4S/c1-8-12(14(19)20-2)22-15(16-8)17-13(18)11-7-9-5-3-4-6-10(9)21-11/h3-6,11H,7H2,1-2H3,(H,16,17,18). The molecule has 114 valence electrons. The number of methoxy groups -OCH3 is 1. The van der Waals surface area contributed by atoms with Crippen molar-refractivity contribution in [2.24, 2.45) is 0 Å². The number of ether oxygens (including phenoxy) is 2. The van der Waals surface area contributed by atoms with Crippen molar-refractivity contribution in [3.63, 3.8) is 0 Å². The minimum atomic E-state index is -0.580. The lowest BCUT2D eigenvalue weighted by molar-refractivity contribution is -0.122. The first kappa shape index (κ1) is 14.5. The Labute approximate surface area is 131 Å². The van der Waals surface area contributed by atoms with Gasteiger partial charge in [0.15, 0.2) is 11.2 Å². The number of amides is 1. The molecule has 6 nitrogen and oxygen atoms in total. The maximum absolute atomic E-state index is 12.3. The molecule has 1 N–H and O–H groups in total. The molecule has 1 unspecified atom stereocenters. The molecule has 1 aromatic carbocycles. The van der Waals surface area contributed by atoms with Gasteiger partial charge in [-0.15, -0.1) is 0 Å². The summed E-state index contributed by atoms with van der Waals surface area (Å²) in [5.41, 5.74) is 1.54. The van der Waals surface area contributed by atoms with Crippen LogP contribution in [0.3, 0.4) is 0 Å².